The Morgan fingerprint density at radius 1 is 0.839 bits per heavy atom. The van der Waals surface area contributed by atoms with Crippen molar-refractivity contribution in [3.63, 3.8) is 0 Å². The van der Waals surface area contributed by atoms with Crippen molar-refractivity contribution in [3.05, 3.63) is 65.2 Å². The van der Waals surface area contributed by atoms with Crippen molar-refractivity contribution in [3.8, 4) is 12.3 Å². The van der Waals surface area contributed by atoms with Crippen molar-refractivity contribution in [2.24, 2.45) is 0 Å². The Kier molecular flexibility index (Phi) is 15.1. The lowest BCUT2D eigenvalue weighted by Crippen LogP contribution is -2.20. The smallest absolute Gasteiger partial charge is 0.0791 e. The van der Waals surface area contributed by atoms with E-state index in [9.17, 15) is 0 Å². The molecule has 1 heterocycles. The highest BCUT2D eigenvalue weighted by Crippen LogP contribution is 2.28. The van der Waals surface area contributed by atoms with Gasteiger partial charge in [0.05, 0.1) is 6.54 Å². The first-order chi connectivity index (χ1) is 15.2. The molecule has 0 aromatic heterocycles. The second-order valence-electron chi connectivity index (χ2n) is 8.51. The summed E-state index contributed by atoms with van der Waals surface area (Å²) in [4.78, 5) is 2.30. The van der Waals surface area contributed by atoms with E-state index < -0.39 is 0 Å². The van der Waals surface area contributed by atoms with Gasteiger partial charge in [-0.25, -0.2) is 0 Å². The highest BCUT2D eigenvalue weighted by Gasteiger charge is 2.17. The zero-order valence-corrected chi connectivity index (χ0v) is 20.6. The summed E-state index contributed by atoms with van der Waals surface area (Å²) in [6.07, 6.45) is 18.7. The van der Waals surface area contributed by atoms with E-state index in [0.29, 0.717) is 0 Å². The molecule has 1 aliphatic rings. The van der Waals surface area contributed by atoms with Gasteiger partial charge in [0.25, 0.3) is 0 Å². The minimum absolute atomic E-state index is 0.738. The molecule has 0 radical (unpaired) electrons. The van der Waals surface area contributed by atoms with Crippen LogP contribution in [0.15, 0.2) is 48.5 Å². The van der Waals surface area contributed by atoms with Gasteiger partial charge in [-0.1, -0.05) is 120 Å². The summed E-state index contributed by atoms with van der Waals surface area (Å²) in [5, 5.41) is 0. The Hall–Kier alpha value is -2.20. The predicted molar refractivity (Wildman–Crippen MR) is 140 cm³/mol. The number of anilines is 1. The van der Waals surface area contributed by atoms with E-state index in [1.54, 1.807) is 0 Å². The van der Waals surface area contributed by atoms with Crippen LogP contribution in [0.1, 0.15) is 88.8 Å². The highest BCUT2D eigenvalue weighted by atomic mass is 15.1. The monoisotopic (exact) mass is 419 g/mol. The quantitative estimate of drug-likeness (QED) is 0.291. The van der Waals surface area contributed by atoms with E-state index in [1.807, 2.05) is 18.2 Å². The second-order valence-corrected chi connectivity index (χ2v) is 8.51. The van der Waals surface area contributed by atoms with E-state index in [2.05, 4.69) is 68.8 Å². The molecule has 0 saturated carbocycles. The van der Waals surface area contributed by atoms with Crippen molar-refractivity contribution < 1.29 is 0 Å². The molecule has 0 spiro atoms. The number of aryl methyl sites for hydroxylation is 2. The van der Waals surface area contributed by atoms with Gasteiger partial charge in [-0.05, 0) is 43.4 Å². The molecule has 0 amide bonds. The van der Waals surface area contributed by atoms with Crippen molar-refractivity contribution in [1.29, 1.82) is 0 Å². The third kappa shape index (κ3) is 11.7. The summed E-state index contributed by atoms with van der Waals surface area (Å²) in [5.74, 6) is 2.73. The SMILES string of the molecule is C#CCN1CCc2cc(CCCCC)ccc21.CCCCCCC.Cc1ccccc1. The maximum absolute atomic E-state index is 5.38. The fourth-order valence-electron chi connectivity index (χ4n) is 3.74. The lowest BCUT2D eigenvalue weighted by Gasteiger charge is -2.16. The van der Waals surface area contributed by atoms with Crippen LogP contribution in [0.3, 0.4) is 0 Å². The zero-order valence-electron chi connectivity index (χ0n) is 20.6. The van der Waals surface area contributed by atoms with Gasteiger partial charge in [0, 0.05) is 12.2 Å². The minimum Gasteiger partial charge on any atom is -0.360 e. The molecule has 0 N–H and O–H groups in total. The maximum Gasteiger partial charge on any atom is 0.0791 e. The average molecular weight is 420 g/mol. The van der Waals surface area contributed by atoms with Crippen molar-refractivity contribution >= 4 is 5.69 Å². The van der Waals surface area contributed by atoms with Crippen molar-refractivity contribution in [2.45, 2.75) is 91.9 Å². The Bertz CT molecular complexity index is 722. The Balaban J connectivity index is 0.000000283. The van der Waals surface area contributed by atoms with Crippen molar-refractivity contribution in [2.75, 3.05) is 18.0 Å². The standard InChI is InChI=1S/C16H21N.C7H8.C7H16/c1-3-5-6-7-14-8-9-16-15(13-14)10-12-17(16)11-4-2;1-7-5-3-2-4-6-7;1-3-5-7-6-4-2/h2,8-9,13H,3,5-7,10-12H2,1H3;2-6H,1H3;3-7H2,1-2H3. The molecule has 170 valence electrons. The number of rotatable bonds is 9. The maximum atomic E-state index is 5.38. The van der Waals surface area contributed by atoms with Gasteiger partial charge in [-0.15, -0.1) is 6.42 Å². The topological polar surface area (TPSA) is 3.24 Å². The van der Waals surface area contributed by atoms with Crippen LogP contribution < -0.4 is 4.90 Å². The minimum atomic E-state index is 0.738. The molecule has 0 saturated heterocycles. The van der Waals surface area contributed by atoms with E-state index in [4.69, 9.17) is 6.42 Å². The number of terminal acetylenes is 1. The first-order valence-corrected chi connectivity index (χ1v) is 12.5. The number of nitrogens with zero attached hydrogens (tertiary/aromatic N) is 1. The largest absolute Gasteiger partial charge is 0.360 e. The van der Waals surface area contributed by atoms with Crippen LogP contribution in [-0.2, 0) is 12.8 Å². The summed E-state index contributed by atoms with van der Waals surface area (Å²) in [5.41, 5.74) is 5.64. The number of hydrogen-bond donors (Lipinski definition) is 0. The molecule has 0 bridgehead atoms. The summed E-state index contributed by atoms with van der Waals surface area (Å²) in [6.45, 7) is 10.6. The van der Waals surface area contributed by atoms with Gasteiger partial charge in [-0.3, -0.25) is 0 Å². The van der Waals surface area contributed by atoms with Crippen LogP contribution in [-0.4, -0.2) is 13.1 Å². The lowest BCUT2D eigenvalue weighted by molar-refractivity contribution is 0.656. The molecular formula is C30H45N. The second kappa shape index (κ2) is 17.5. The summed E-state index contributed by atoms with van der Waals surface area (Å²) in [7, 11) is 0. The number of fused-ring (bicyclic) bond motifs is 1. The van der Waals surface area contributed by atoms with Crippen LogP contribution in [0.5, 0.6) is 0 Å². The molecule has 31 heavy (non-hydrogen) atoms. The fourth-order valence-corrected chi connectivity index (χ4v) is 3.74. The fraction of sp³-hybridized carbons (Fsp3) is 0.533. The van der Waals surface area contributed by atoms with Crippen LogP contribution in [0, 0.1) is 19.3 Å². The molecule has 0 aliphatic carbocycles. The van der Waals surface area contributed by atoms with E-state index in [1.165, 1.54) is 80.2 Å². The van der Waals surface area contributed by atoms with Crippen LogP contribution in [0.2, 0.25) is 0 Å². The molecular weight excluding hydrogens is 374 g/mol. The van der Waals surface area contributed by atoms with E-state index in [0.717, 1.165) is 19.5 Å². The molecule has 0 unspecified atom stereocenters. The highest BCUT2D eigenvalue weighted by molar-refractivity contribution is 5.59. The molecule has 0 fully saturated rings. The third-order valence-corrected chi connectivity index (χ3v) is 5.63. The van der Waals surface area contributed by atoms with Crippen LogP contribution in [0.4, 0.5) is 5.69 Å². The molecule has 2 aromatic carbocycles. The molecule has 1 nitrogen and oxygen atoms in total. The van der Waals surface area contributed by atoms with Gasteiger partial charge >= 0.3 is 0 Å². The first-order valence-electron chi connectivity index (χ1n) is 12.5. The van der Waals surface area contributed by atoms with E-state index in [-0.39, 0.29) is 0 Å². The summed E-state index contributed by atoms with van der Waals surface area (Å²) < 4.78 is 0. The van der Waals surface area contributed by atoms with Gasteiger partial charge in [0.15, 0.2) is 0 Å². The number of benzene rings is 2. The first kappa shape index (κ1) is 26.8. The van der Waals surface area contributed by atoms with Gasteiger partial charge in [0.2, 0.25) is 0 Å². The Morgan fingerprint density at radius 3 is 2.03 bits per heavy atom. The molecule has 2 aromatic rings. The number of unbranched alkanes of at least 4 members (excludes halogenated alkanes) is 6. The third-order valence-electron chi connectivity index (χ3n) is 5.63. The van der Waals surface area contributed by atoms with E-state index >= 15 is 0 Å². The normalized spacial score (nSPS) is 11.5. The Labute approximate surface area is 193 Å². The molecule has 0 atom stereocenters. The molecule has 1 aliphatic heterocycles. The number of hydrogen-bond acceptors (Lipinski definition) is 1. The Morgan fingerprint density at radius 2 is 1.48 bits per heavy atom. The van der Waals surface area contributed by atoms with Gasteiger partial charge < -0.3 is 4.90 Å². The predicted octanol–water partition coefficient (Wildman–Crippen LogP) is 8.39. The van der Waals surface area contributed by atoms with Crippen molar-refractivity contribution in [1.82, 2.24) is 0 Å². The van der Waals surface area contributed by atoms with Crippen LogP contribution in [0.25, 0.3) is 0 Å². The molecule has 1 heteroatoms. The van der Waals surface area contributed by atoms with Crippen LogP contribution >= 0.6 is 0 Å². The lowest BCUT2D eigenvalue weighted by atomic mass is 10.0. The average Bonchev–Trinajstić information content (AvgIpc) is 3.18. The zero-order chi connectivity index (χ0) is 22.7. The summed E-state index contributed by atoms with van der Waals surface area (Å²) in [6, 6.07) is 17.2. The van der Waals surface area contributed by atoms with Gasteiger partial charge in [-0.2, -0.15) is 0 Å². The van der Waals surface area contributed by atoms with Gasteiger partial charge in [0.1, 0.15) is 0 Å². The summed E-state index contributed by atoms with van der Waals surface area (Å²) >= 11 is 0. The molecule has 3 rings (SSSR count).